The van der Waals surface area contributed by atoms with Crippen LogP contribution in [-0.2, 0) is 4.74 Å². The van der Waals surface area contributed by atoms with E-state index < -0.39 is 0 Å². The Morgan fingerprint density at radius 3 is 2.22 bits per heavy atom. The fourth-order valence-corrected chi connectivity index (χ4v) is 3.13. The van der Waals surface area contributed by atoms with Crippen molar-refractivity contribution in [3.63, 3.8) is 0 Å². The zero-order valence-electron chi connectivity index (χ0n) is 14.4. The molecule has 1 aliphatic heterocycles. The number of rotatable bonds is 4. The van der Waals surface area contributed by atoms with Crippen molar-refractivity contribution in [3.8, 4) is 0 Å². The SMILES string of the molecule is O=C(NC1=C(c2ccccc2)NC(c2ccccc2)O1)c1ccccc1Cl. The van der Waals surface area contributed by atoms with Crippen LogP contribution in [0.1, 0.15) is 27.7 Å². The molecule has 4 nitrogen and oxygen atoms in total. The fraction of sp³-hybridized carbons (Fsp3) is 0.0455. The van der Waals surface area contributed by atoms with Gasteiger partial charge < -0.3 is 10.1 Å². The average molecular weight is 377 g/mol. The lowest BCUT2D eigenvalue weighted by Crippen LogP contribution is -2.24. The van der Waals surface area contributed by atoms with E-state index in [1.807, 2.05) is 60.7 Å². The average Bonchev–Trinajstić information content (AvgIpc) is 3.13. The van der Waals surface area contributed by atoms with Crippen molar-refractivity contribution in [3.05, 3.63) is 113 Å². The predicted molar refractivity (Wildman–Crippen MR) is 106 cm³/mol. The molecule has 0 aliphatic carbocycles. The normalized spacial score (nSPS) is 15.8. The topological polar surface area (TPSA) is 50.4 Å². The molecule has 2 N–H and O–H groups in total. The number of halogens is 1. The highest BCUT2D eigenvalue weighted by Crippen LogP contribution is 2.31. The predicted octanol–water partition coefficient (Wildman–Crippen LogP) is 4.71. The van der Waals surface area contributed by atoms with Crippen molar-refractivity contribution in [1.29, 1.82) is 0 Å². The molecule has 5 heteroatoms. The van der Waals surface area contributed by atoms with Crippen LogP contribution in [-0.4, -0.2) is 5.91 Å². The number of carbonyl (C=O) groups is 1. The number of nitrogens with one attached hydrogen (secondary N) is 2. The Labute approximate surface area is 162 Å². The molecule has 0 spiro atoms. The number of hydrogen-bond acceptors (Lipinski definition) is 3. The molecule has 0 bridgehead atoms. The van der Waals surface area contributed by atoms with Gasteiger partial charge in [-0.1, -0.05) is 84.4 Å². The lowest BCUT2D eigenvalue weighted by Gasteiger charge is -2.13. The molecule has 1 unspecified atom stereocenters. The van der Waals surface area contributed by atoms with Crippen molar-refractivity contribution in [2.45, 2.75) is 6.23 Å². The molecule has 1 amide bonds. The molecule has 0 fully saturated rings. The van der Waals surface area contributed by atoms with Gasteiger partial charge in [0, 0.05) is 11.1 Å². The van der Waals surface area contributed by atoms with Gasteiger partial charge >= 0.3 is 0 Å². The van der Waals surface area contributed by atoms with E-state index in [1.54, 1.807) is 24.3 Å². The van der Waals surface area contributed by atoms with Gasteiger partial charge in [0.25, 0.3) is 5.91 Å². The molecular weight excluding hydrogens is 360 g/mol. The van der Waals surface area contributed by atoms with Gasteiger partial charge in [-0.25, -0.2) is 0 Å². The molecule has 1 heterocycles. The van der Waals surface area contributed by atoms with Crippen LogP contribution in [0.5, 0.6) is 0 Å². The van der Waals surface area contributed by atoms with Gasteiger partial charge in [-0.15, -0.1) is 0 Å². The van der Waals surface area contributed by atoms with Crippen LogP contribution in [0, 0.1) is 0 Å². The zero-order valence-corrected chi connectivity index (χ0v) is 15.1. The number of carbonyl (C=O) groups excluding carboxylic acids is 1. The minimum atomic E-state index is -0.386. The Hall–Kier alpha value is -3.24. The van der Waals surface area contributed by atoms with Crippen LogP contribution in [0.4, 0.5) is 0 Å². The van der Waals surface area contributed by atoms with Gasteiger partial charge in [0.05, 0.1) is 10.6 Å². The first-order valence-corrected chi connectivity index (χ1v) is 8.94. The van der Waals surface area contributed by atoms with E-state index in [2.05, 4.69) is 10.6 Å². The maximum Gasteiger partial charge on any atom is 0.259 e. The third-order valence-corrected chi connectivity index (χ3v) is 4.58. The summed E-state index contributed by atoms with van der Waals surface area (Å²) in [6, 6.07) is 26.4. The third-order valence-electron chi connectivity index (χ3n) is 4.25. The van der Waals surface area contributed by atoms with Crippen LogP contribution < -0.4 is 10.6 Å². The minimum Gasteiger partial charge on any atom is -0.449 e. The van der Waals surface area contributed by atoms with Gasteiger partial charge in [-0.05, 0) is 12.1 Å². The summed E-state index contributed by atoms with van der Waals surface area (Å²) in [5.74, 6) is 0.0551. The largest absolute Gasteiger partial charge is 0.449 e. The Balaban J connectivity index is 1.65. The van der Waals surface area contributed by atoms with Crippen molar-refractivity contribution in [2.75, 3.05) is 0 Å². The summed E-state index contributed by atoms with van der Waals surface area (Å²) in [6.07, 6.45) is -0.386. The van der Waals surface area contributed by atoms with E-state index in [4.69, 9.17) is 16.3 Å². The Morgan fingerprint density at radius 1 is 0.889 bits per heavy atom. The smallest absolute Gasteiger partial charge is 0.259 e. The number of ether oxygens (including phenoxy) is 1. The van der Waals surface area contributed by atoms with Crippen molar-refractivity contribution < 1.29 is 9.53 Å². The van der Waals surface area contributed by atoms with Gasteiger partial charge in [0.15, 0.2) is 6.23 Å². The summed E-state index contributed by atoms with van der Waals surface area (Å²) in [5.41, 5.74) is 3.01. The van der Waals surface area contributed by atoms with E-state index in [1.165, 1.54) is 0 Å². The molecule has 1 atom stereocenters. The number of benzene rings is 3. The molecule has 0 radical (unpaired) electrons. The minimum absolute atomic E-state index is 0.320. The quantitative estimate of drug-likeness (QED) is 0.693. The Bertz CT molecular complexity index is 987. The highest BCUT2D eigenvalue weighted by Gasteiger charge is 2.28. The summed E-state index contributed by atoms with van der Waals surface area (Å²) < 4.78 is 6.04. The fourth-order valence-electron chi connectivity index (χ4n) is 2.91. The monoisotopic (exact) mass is 376 g/mol. The highest BCUT2D eigenvalue weighted by molar-refractivity contribution is 6.33. The van der Waals surface area contributed by atoms with Gasteiger partial charge in [-0.2, -0.15) is 0 Å². The van der Waals surface area contributed by atoms with Crippen LogP contribution >= 0.6 is 11.6 Å². The molecule has 134 valence electrons. The molecule has 0 saturated heterocycles. The first kappa shape index (κ1) is 17.2. The summed E-state index contributed by atoms with van der Waals surface area (Å²) in [6.45, 7) is 0. The third kappa shape index (κ3) is 3.66. The highest BCUT2D eigenvalue weighted by atomic mass is 35.5. The molecule has 3 aromatic rings. The second-order valence-corrected chi connectivity index (χ2v) is 6.46. The van der Waals surface area contributed by atoms with E-state index >= 15 is 0 Å². The number of amides is 1. The standard InChI is InChI=1S/C22H17ClN2O2/c23-18-14-8-7-13-17(18)20(26)25-22-19(15-9-3-1-4-10-15)24-21(27-22)16-11-5-2-6-12-16/h1-14,21,24H,(H,25,26). The Kier molecular flexibility index (Phi) is 4.81. The van der Waals surface area contributed by atoms with E-state index in [-0.39, 0.29) is 12.1 Å². The molecule has 0 aromatic heterocycles. The second kappa shape index (κ2) is 7.56. The number of hydrogen-bond donors (Lipinski definition) is 2. The lowest BCUT2D eigenvalue weighted by atomic mass is 10.1. The Morgan fingerprint density at radius 2 is 1.52 bits per heavy atom. The lowest BCUT2D eigenvalue weighted by molar-refractivity contribution is 0.0851. The van der Waals surface area contributed by atoms with Crippen molar-refractivity contribution in [2.24, 2.45) is 0 Å². The maximum absolute atomic E-state index is 12.7. The van der Waals surface area contributed by atoms with E-state index in [0.29, 0.717) is 16.5 Å². The van der Waals surface area contributed by atoms with Gasteiger partial charge in [0.1, 0.15) is 5.70 Å². The summed E-state index contributed by atoms with van der Waals surface area (Å²) in [7, 11) is 0. The zero-order chi connectivity index (χ0) is 18.6. The van der Waals surface area contributed by atoms with Crippen LogP contribution in [0.3, 0.4) is 0 Å². The second-order valence-electron chi connectivity index (χ2n) is 6.06. The molecule has 3 aromatic carbocycles. The molecular formula is C22H17ClN2O2. The van der Waals surface area contributed by atoms with Crippen molar-refractivity contribution in [1.82, 2.24) is 10.6 Å². The van der Waals surface area contributed by atoms with E-state index in [9.17, 15) is 4.79 Å². The van der Waals surface area contributed by atoms with Gasteiger partial charge in [-0.3, -0.25) is 10.1 Å². The van der Waals surface area contributed by atoms with Crippen molar-refractivity contribution >= 4 is 23.2 Å². The molecule has 0 saturated carbocycles. The first-order valence-electron chi connectivity index (χ1n) is 8.56. The summed E-state index contributed by atoms with van der Waals surface area (Å²) in [5, 5.41) is 6.60. The van der Waals surface area contributed by atoms with Crippen LogP contribution in [0.25, 0.3) is 5.70 Å². The maximum atomic E-state index is 12.7. The molecule has 1 aliphatic rings. The van der Waals surface area contributed by atoms with Crippen LogP contribution in [0.15, 0.2) is 90.8 Å². The van der Waals surface area contributed by atoms with E-state index in [0.717, 1.165) is 16.8 Å². The first-order chi connectivity index (χ1) is 13.2. The molecule has 4 rings (SSSR count). The van der Waals surface area contributed by atoms with Crippen LogP contribution in [0.2, 0.25) is 5.02 Å². The van der Waals surface area contributed by atoms with Gasteiger partial charge in [0.2, 0.25) is 5.88 Å². The summed E-state index contributed by atoms with van der Waals surface area (Å²) in [4.78, 5) is 12.7. The summed E-state index contributed by atoms with van der Waals surface area (Å²) >= 11 is 6.15. The molecule has 27 heavy (non-hydrogen) atoms.